The molecule has 5 N–H and O–H groups in total. The van der Waals surface area contributed by atoms with Crippen LogP contribution in [0, 0.1) is 0 Å². The summed E-state index contributed by atoms with van der Waals surface area (Å²) in [6, 6.07) is 57.7. The summed E-state index contributed by atoms with van der Waals surface area (Å²) in [6.07, 6.45) is 2.88. The zero-order valence-electron chi connectivity index (χ0n) is 40.9. The van der Waals surface area contributed by atoms with Crippen LogP contribution in [0.25, 0.3) is 0 Å². The lowest BCUT2D eigenvalue weighted by Gasteiger charge is -2.42. The van der Waals surface area contributed by atoms with Crippen molar-refractivity contribution in [1.29, 1.82) is 0 Å². The molecule has 6 aromatic rings. The molecule has 2 fully saturated rings. The highest BCUT2D eigenvalue weighted by Gasteiger charge is 2.47. The Labute approximate surface area is 440 Å². The largest absolute Gasteiger partial charge is 0.481 e. The maximum absolute atomic E-state index is 14.7. The maximum atomic E-state index is 14.7. The minimum atomic E-state index is -1.39. The molecule has 1 saturated carbocycles. The molecule has 4 amide bonds. The minimum Gasteiger partial charge on any atom is -0.481 e. The lowest BCUT2D eigenvalue weighted by Crippen LogP contribution is -2.66. The molecule has 1 aliphatic carbocycles. The van der Waals surface area contributed by atoms with E-state index in [1.54, 1.807) is 17.8 Å². The summed E-state index contributed by atoms with van der Waals surface area (Å²) in [7, 11) is 0. The smallest absolute Gasteiger partial charge is 0.326 e. The van der Waals surface area contributed by atoms with Gasteiger partial charge in [0.25, 0.3) is 0 Å². The maximum Gasteiger partial charge on any atom is 0.326 e. The summed E-state index contributed by atoms with van der Waals surface area (Å²) in [5.74, 6) is -4.12. The van der Waals surface area contributed by atoms with Crippen molar-refractivity contribution < 1.29 is 38.6 Å². The van der Waals surface area contributed by atoms with E-state index >= 15 is 0 Å². The van der Waals surface area contributed by atoms with Crippen molar-refractivity contribution in [3.05, 3.63) is 228 Å². The third-order valence-electron chi connectivity index (χ3n) is 13.5. The third kappa shape index (κ3) is 12.5. The molecule has 1 heterocycles. The summed E-state index contributed by atoms with van der Waals surface area (Å²) in [5.41, 5.74) is 4.68. The van der Waals surface area contributed by atoms with E-state index in [1.165, 1.54) is 11.8 Å². The zero-order chi connectivity index (χ0) is 51.8. The van der Waals surface area contributed by atoms with Crippen LogP contribution in [0.4, 0.5) is 0 Å². The molecule has 2 aliphatic rings. The van der Waals surface area contributed by atoms with Crippen LogP contribution >= 0.6 is 23.5 Å². The second-order valence-corrected chi connectivity index (χ2v) is 20.9. The van der Waals surface area contributed by atoms with Gasteiger partial charge in [-0.1, -0.05) is 188 Å². The Morgan fingerprint density at radius 1 is 0.608 bits per heavy atom. The Bertz CT molecular complexity index is 2680. The molecule has 0 unspecified atom stereocenters. The Kier molecular flexibility index (Phi) is 17.9. The van der Waals surface area contributed by atoms with Crippen molar-refractivity contribution in [3.8, 4) is 0 Å². The fraction of sp³-hybridized carbons (Fsp3) is 0.267. The number of carboxylic acid groups (broad SMARTS) is 1. The number of carboxylic acids is 1. The van der Waals surface area contributed by atoms with Crippen molar-refractivity contribution in [3.63, 3.8) is 0 Å². The number of benzene rings is 6. The molecule has 3 atom stereocenters. The summed E-state index contributed by atoms with van der Waals surface area (Å²) in [4.78, 5) is 82.9. The first kappa shape index (κ1) is 52.9. The van der Waals surface area contributed by atoms with Gasteiger partial charge in [0, 0.05) is 12.2 Å². The van der Waals surface area contributed by atoms with Gasteiger partial charge in [0.2, 0.25) is 23.6 Å². The molecule has 380 valence electrons. The topological polar surface area (TPSA) is 180 Å². The van der Waals surface area contributed by atoms with Gasteiger partial charge in [0.05, 0.1) is 15.9 Å². The number of rotatable bonds is 17. The number of hydrogen-bond acceptors (Lipinski definition) is 9. The van der Waals surface area contributed by atoms with E-state index < -0.39 is 88.2 Å². The van der Waals surface area contributed by atoms with Gasteiger partial charge in [-0.25, -0.2) is 0 Å². The highest BCUT2D eigenvalue weighted by atomic mass is 32.2. The lowest BCUT2D eigenvalue weighted by atomic mass is 9.75. The quantitative estimate of drug-likeness (QED) is 0.0257. The van der Waals surface area contributed by atoms with E-state index in [2.05, 4.69) is 57.7 Å². The SMILES string of the molecule is O=C(O)CC[C@H]1NC(=O)C[C@H](/C=C/CCSC(c2ccccc2)(c2ccccc2)c2ccccc2)OC(=O)CNC(=O)C2(CCC2)NC(=O)[C@H](CSC(c2ccccc2)(c2ccccc2)c2ccccc2)NC1=O. The Morgan fingerprint density at radius 3 is 1.47 bits per heavy atom. The number of amides is 4. The van der Waals surface area contributed by atoms with Crippen molar-refractivity contribution in [1.82, 2.24) is 21.3 Å². The number of cyclic esters (lactones) is 1. The number of thioether (sulfide) groups is 2. The van der Waals surface area contributed by atoms with E-state index in [0.717, 1.165) is 33.4 Å². The van der Waals surface area contributed by atoms with Crippen molar-refractivity contribution in [2.75, 3.05) is 18.1 Å². The average molecular weight is 1030 g/mol. The number of aliphatic carboxylic acids is 1. The van der Waals surface area contributed by atoms with Gasteiger partial charge in [-0.05, 0) is 77.3 Å². The van der Waals surface area contributed by atoms with Gasteiger partial charge < -0.3 is 31.1 Å². The van der Waals surface area contributed by atoms with Crippen LogP contribution in [0.3, 0.4) is 0 Å². The normalized spacial score (nSPS) is 18.8. The molecule has 0 aromatic heterocycles. The first-order valence-corrected chi connectivity index (χ1v) is 26.9. The Hall–Kier alpha value is -7.42. The Morgan fingerprint density at radius 2 is 1.05 bits per heavy atom. The molecule has 8 rings (SSSR count). The summed E-state index contributed by atoms with van der Waals surface area (Å²) >= 11 is 3.17. The summed E-state index contributed by atoms with van der Waals surface area (Å²) < 4.78 is 4.35. The van der Waals surface area contributed by atoms with Gasteiger partial charge in [-0.2, -0.15) is 0 Å². The van der Waals surface area contributed by atoms with Crippen LogP contribution in [0.5, 0.6) is 0 Å². The predicted molar refractivity (Wildman–Crippen MR) is 290 cm³/mol. The molecule has 1 aliphatic heterocycles. The monoisotopic (exact) mass is 1030 g/mol. The van der Waals surface area contributed by atoms with Crippen LogP contribution in [0.1, 0.15) is 78.3 Å². The van der Waals surface area contributed by atoms with Crippen molar-refractivity contribution in [2.24, 2.45) is 0 Å². The second-order valence-electron chi connectivity index (χ2n) is 18.4. The lowest BCUT2D eigenvalue weighted by molar-refractivity contribution is -0.149. The molecule has 12 nitrogen and oxygen atoms in total. The molecule has 0 bridgehead atoms. The van der Waals surface area contributed by atoms with Crippen molar-refractivity contribution in [2.45, 2.75) is 78.2 Å². The van der Waals surface area contributed by atoms with E-state index in [0.29, 0.717) is 18.6 Å². The van der Waals surface area contributed by atoms with Crippen LogP contribution in [0.15, 0.2) is 194 Å². The molecule has 1 spiro atoms. The minimum absolute atomic E-state index is 0.0196. The fourth-order valence-corrected chi connectivity index (χ4v) is 12.7. The van der Waals surface area contributed by atoms with Gasteiger partial charge in [-0.15, -0.1) is 23.5 Å². The number of allylic oxidation sites excluding steroid dienone is 1. The number of carbonyl (C=O) groups excluding carboxylic acids is 5. The van der Waals surface area contributed by atoms with E-state index in [9.17, 15) is 33.9 Å². The van der Waals surface area contributed by atoms with Gasteiger partial charge in [0.1, 0.15) is 30.3 Å². The molecule has 6 aromatic carbocycles. The van der Waals surface area contributed by atoms with Crippen molar-refractivity contribution >= 4 is 59.1 Å². The van der Waals surface area contributed by atoms with Gasteiger partial charge in [-0.3, -0.25) is 28.8 Å². The third-order valence-corrected chi connectivity index (χ3v) is 16.7. The van der Waals surface area contributed by atoms with E-state index in [4.69, 9.17) is 4.74 Å². The number of hydrogen-bond donors (Lipinski definition) is 5. The first-order valence-electron chi connectivity index (χ1n) is 24.9. The van der Waals surface area contributed by atoms with E-state index in [-0.39, 0.29) is 25.0 Å². The standard InChI is InChI=1S/C60H60N4O8S2/c65-52-40-49(34-19-20-39-73-59(43-22-7-1-8-23-43,44-24-9-2-10-25-44)45-26-11-3-12-27-45)72-54(68)41-61-57(71)58(37-21-38-58)64-56(70)51(63-55(69)50(62-52)35-36-53(66)67)42-74-60(46-28-13-4-14-29-46,47-30-15-5-16-31-47)48-32-17-6-18-33-48/h1-19,22-34,49-51H,20-21,35-42H2,(H,61,71)(H,62,65)(H,63,69)(H,64,70)(H,66,67)/b34-19+/t49-,50+,51-/m0/s1. The molecular formula is C60H60N4O8S2. The number of carbonyl (C=O) groups is 6. The fourth-order valence-electron chi connectivity index (χ4n) is 9.64. The van der Waals surface area contributed by atoms with Gasteiger partial charge in [0.15, 0.2) is 0 Å². The zero-order valence-corrected chi connectivity index (χ0v) is 42.5. The highest BCUT2D eigenvalue weighted by Crippen LogP contribution is 2.50. The summed E-state index contributed by atoms with van der Waals surface area (Å²) in [6.45, 7) is -0.531. The predicted octanol–water partition coefficient (Wildman–Crippen LogP) is 8.69. The molecule has 14 heteroatoms. The van der Waals surface area contributed by atoms with Gasteiger partial charge >= 0.3 is 11.9 Å². The molecule has 0 radical (unpaired) electrons. The average Bonchev–Trinajstić information content (AvgIpc) is 3.42. The molecule has 1 saturated heterocycles. The van der Waals surface area contributed by atoms with Crippen LogP contribution in [-0.2, 0) is 43.0 Å². The number of ether oxygens (including phenoxy) is 1. The highest BCUT2D eigenvalue weighted by molar-refractivity contribution is 8.00. The Balaban J connectivity index is 1.07. The van der Waals surface area contributed by atoms with Crippen LogP contribution in [-0.4, -0.2) is 82.5 Å². The van der Waals surface area contributed by atoms with Crippen LogP contribution < -0.4 is 21.3 Å². The second kappa shape index (κ2) is 25.0. The number of esters is 1. The van der Waals surface area contributed by atoms with E-state index in [1.807, 2.05) is 152 Å². The molecule has 74 heavy (non-hydrogen) atoms. The summed E-state index contributed by atoms with van der Waals surface area (Å²) in [5, 5.41) is 21.0. The molecular weight excluding hydrogens is 969 g/mol. The first-order chi connectivity index (χ1) is 36.0. The number of nitrogens with one attached hydrogen (secondary N) is 4. The van der Waals surface area contributed by atoms with Crippen LogP contribution in [0.2, 0.25) is 0 Å².